The summed E-state index contributed by atoms with van der Waals surface area (Å²) >= 11 is 0. The first-order valence-electron chi connectivity index (χ1n) is 8.06. The molecule has 0 fully saturated rings. The van der Waals surface area contributed by atoms with Gasteiger partial charge in [0.2, 0.25) is 0 Å². The Labute approximate surface area is 135 Å². The Bertz CT molecular complexity index is 542. The fourth-order valence-electron chi connectivity index (χ4n) is 2.72. The lowest BCUT2D eigenvalue weighted by atomic mass is 9.73. The van der Waals surface area contributed by atoms with Crippen LogP contribution in [-0.4, -0.2) is 6.54 Å². The molecule has 2 heteroatoms. The molecule has 0 saturated carbocycles. The lowest BCUT2D eigenvalue weighted by Gasteiger charge is -2.32. The van der Waals surface area contributed by atoms with Gasteiger partial charge in [0.05, 0.1) is 6.54 Å². The van der Waals surface area contributed by atoms with Gasteiger partial charge in [-0.2, -0.15) is 4.91 Å². The van der Waals surface area contributed by atoms with Gasteiger partial charge in [-0.25, -0.2) is 0 Å². The molecular formula is C20H29NO. The molecule has 0 atom stereocenters. The molecule has 1 rings (SSSR count). The summed E-state index contributed by atoms with van der Waals surface area (Å²) in [5.74, 6) is 0. The van der Waals surface area contributed by atoms with E-state index in [1.165, 1.54) is 35.1 Å². The maximum atomic E-state index is 10.1. The molecule has 0 saturated heterocycles. The Kier molecular flexibility index (Phi) is 7.23. The molecule has 120 valence electrons. The van der Waals surface area contributed by atoms with Crippen molar-refractivity contribution in [1.29, 1.82) is 0 Å². The molecule has 0 aromatic heterocycles. The van der Waals surface area contributed by atoms with Crippen LogP contribution in [-0.2, 0) is 0 Å². The largest absolute Gasteiger partial charge is 0.151 e. The molecule has 0 bridgehead atoms. The highest BCUT2D eigenvalue weighted by Crippen LogP contribution is 2.40. The minimum Gasteiger partial charge on any atom is -0.151 e. The van der Waals surface area contributed by atoms with Gasteiger partial charge in [0.1, 0.15) is 0 Å². The quantitative estimate of drug-likeness (QED) is 0.419. The van der Waals surface area contributed by atoms with E-state index in [0.29, 0.717) is 6.54 Å². The molecule has 0 unspecified atom stereocenters. The van der Waals surface area contributed by atoms with Crippen molar-refractivity contribution in [2.24, 2.45) is 10.6 Å². The minimum absolute atomic E-state index is 0.262. The van der Waals surface area contributed by atoms with Gasteiger partial charge in [-0.1, -0.05) is 72.2 Å². The Morgan fingerprint density at radius 1 is 1.32 bits per heavy atom. The van der Waals surface area contributed by atoms with Crippen LogP contribution < -0.4 is 0 Å². The molecule has 2 nitrogen and oxygen atoms in total. The molecule has 1 aliphatic carbocycles. The SMILES string of the molecule is CC(=C/C=C/C(C)=C/C=C1/C(C)=CCCC1(C)C)CCN=O. The molecule has 0 amide bonds. The molecule has 0 heterocycles. The Balaban J connectivity index is 2.76. The molecule has 0 aromatic carbocycles. The van der Waals surface area contributed by atoms with Crippen LogP contribution in [0.3, 0.4) is 0 Å². The summed E-state index contributed by atoms with van der Waals surface area (Å²) in [6, 6.07) is 0. The van der Waals surface area contributed by atoms with Gasteiger partial charge in [-0.05, 0) is 51.0 Å². The minimum atomic E-state index is 0.262. The van der Waals surface area contributed by atoms with Crippen LogP contribution in [0.15, 0.2) is 63.9 Å². The van der Waals surface area contributed by atoms with Crippen molar-refractivity contribution >= 4 is 0 Å². The fourth-order valence-corrected chi connectivity index (χ4v) is 2.72. The Morgan fingerprint density at radius 2 is 2.05 bits per heavy atom. The van der Waals surface area contributed by atoms with Gasteiger partial charge in [0.25, 0.3) is 0 Å². The standard InChI is InChI=1S/C20H29NO/c1-16(8-6-9-17(2)13-15-21-22)11-12-19-18(3)10-7-14-20(19,4)5/h6,8-12H,7,13-15H2,1-5H3/b8-6+,16-11+,17-9?,19-12-. The van der Waals surface area contributed by atoms with Gasteiger partial charge in [-0.3, -0.25) is 0 Å². The number of hydrogen-bond acceptors (Lipinski definition) is 2. The van der Waals surface area contributed by atoms with Gasteiger partial charge in [-0.15, -0.1) is 0 Å². The Morgan fingerprint density at radius 3 is 2.68 bits per heavy atom. The van der Waals surface area contributed by atoms with Crippen molar-refractivity contribution in [1.82, 2.24) is 0 Å². The monoisotopic (exact) mass is 299 g/mol. The maximum absolute atomic E-state index is 10.1. The predicted octanol–water partition coefficient (Wildman–Crippen LogP) is 6.28. The first-order chi connectivity index (χ1) is 10.4. The van der Waals surface area contributed by atoms with Crippen LogP contribution in [0, 0.1) is 10.3 Å². The normalized spacial score (nSPS) is 21.3. The first kappa shape index (κ1) is 18.3. The van der Waals surface area contributed by atoms with Crippen molar-refractivity contribution in [3.63, 3.8) is 0 Å². The second-order valence-electron chi connectivity index (χ2n) is 6.78. The van der Waals surface area contributed by atoms with E-state index in [9.17, 15) is 4.91 Å². The molecule has 0 aromatic rings. The van der Waals surface area contributed by atoms with E-state index in [1.54, 1.807) is 0 Å². The summed E-state index contributed by atoms with van der Waals surface area (Å²) in [6.07, 6.45) is 16.1. The smallest absolute Gasteiger partial charge is 0.0848 e. The van der Waals surface area contributed by atoms with Crippen molar-refractivity contribution < 1.29 is 0 Å². The summed E-state index contributed by atoms with van der Waals surface area (Å²) in [7, 11) is 0. The summed E-state index contributed by atoms with van der Waals surface area (Å²) in [5.41, 5.74) is 5.50. The van der Waals surface area contributed by atoms with Gasteiger partial charge in [0, 0.05) is 0 Å². The molecule has 1 aliphatic rings. The summed E-state index contributed by atoms with van der Waals surface area (Å²) in [6.45, 7) is 11.3. The van der Waals surface area contributed by atoms with Crippen molar-refractivity contribution in [2.45, 2.75) is 53.9 Å². The van der Waals surface area contributed by atoms with Crippen LogP contribution in [0.25, 0.3) is 0 Å². The maximum Gasteiger partial charge on any atom is 0.0848 e. The number of rotatable bonds is 6. The third-order valence-corrected chi connectivity index (χ3v) is 4.22. The zero-order valence-electron chi connectivity index (χ0n) is 14.6. The predicted molar refractivity (Wildman–Crippen MR) is 96.8 cm³/mol. The number of nitrogens with zero attached hydrogens (tertiary/aromatic N) is 1. The van der Waals surface area contributed by atoms with Crippen LogP contribution in [0.5, 0.6) is 0 Å². The topological polar surface area (TPSA) is 29.4 Å². The molecule has 0 spiro atoms. The highest BCUT2D eigenvalue weighted by atomic mass is 16.3. The summed E-state index contributed by atoms with van der Waals surface area (Å²) in [4.78, 5) is 10.1. The molecule has 22 heavy (non-hydrogen) atoms. The van der Waals surface area contributed by atoms with E-state index in [2.05, 4.69) is 57.2 Å². The van der Waals surface area contributed by atoms with E-state index >= 15 is 0 Å². The third-order valence-electron chi connectivity index (χ3n) is 4.22. The number of allylic oxidation sites excluding steroid dienone is 9. The molecule has 0 aliphatic heterocycles. The van der Waals surface area contributed by atoms with Crippen LogP contribution in [0.2, 0.25) is 0 Å². The van der Waals surface area contributed by atoms with Crippen LogP contribution in [0.4, 0.5) is 0 Å². The van der Waals surface area contributed by atoms with Crippen molar-refractivity contribution in [3.05, 3.63) is 63.7 Å². The van der Waals surface area contributed by atoms with Crippen LogP contribution >= 0.6 is 0 Å². The van der Waals surface area contributed by atoms with E-state index < -0.39 is 0 Å². The fraction of sp³-hybridized carbons (Fsp3) is 0.500. The van der Waals surface area contributed by atoms with Crippen LogP contribution in [0.1, 0.15) is 53.9 Å². The lowest BCUT2D eigenvalue weighted by molar-refractivity contribution is 0.404. The molecule has 0 radical (unpaired) electrons. The first-order valence-corrected chi connectivity index (χ1v) is 8.06. The second kappa shape index (κ2) is 8.67. The highest BCUT2D eigenvalue weighted by Gasteiger charge is 2.26. The van der Waals surface area contributed by atoms with E-state index in [4.69, 9.17) is 0 Å². The van der Waals surface area contributed by atoms with E-state index in [1.807, 2.05) is 19.1 Å². The lowest BCUT2D eigenvalue weighted by Crippen LogP contribution is -2.18. The summed E-state index contributed by atoms with van der Waals surface area (Å²) in [5, 5.41) is 2.88. The van der Waals surface area contributed by atoms with Crippen molar-refractivity contribution in [3.8, 4) is 0 Å². The van der Waals surface area contributed by atoms with E-state index in [-0.39, 0.29) is 5.41 Å². The highest BCUT2D eigenvalue weighted by molar-refractivity contribution is 5.40. The Hall–Kier alpha value is -1.70. The third kappa shape index (κ3) is 5.97. The van der Waals surface area contributed by atoms with Gasteiger partial charge >= 0.3 is 0 Å². The van der Waals surface area contributed by atoms with E-state index in [0.717, 1.165) is 6.42 Å². The zero-order chi connectivity index (χ0) is 16.6. The molecular weight excluding hydrogens is 270 g/mol. The number of nitroso groups, excluding NO2 is 1. The van der Waals surface area contributed by atoms with Gasteiger partial charge in [0.15, 0.2) is 0 Å². The summed E-state index contributed by atoms with van der Waals surface area (Å²) < 4.78 is 0. The molecule has 0 N–H and O–H groups in total. The number of hydrogen-bond donors (Lipinski definition) is 0. The average Bonchev–Trinajstić information content (AvgIpc) is 2.43. The van der Waals surface area contributed by atoms with Crippen molar-refractivity contribution in [2.75, 3.05) is 6.54 Å². The average molecular weight is 299 g/mol. The second-order valence-corrected chi connectivity index (χ2v) is 6.78. The van der Waals surface area contributed by atoms with Gasteiger partial charge < -0.3 is 0 Å². The zero-order valence-corrected chi connectivity index (χ0v) is 14.6.